The van der Waals surface area contributed by atoms with Crippen LogP contribution >= 0.6 is 0 Å². The third kappa shape index (κ3) is 4.47. The monoisotopic (exact) mass is 331 g/mol. The van der Waals surface area contributed by atoms with Gasteiger partial charge < -0.3 is 14.8 Å². The number of benzene rings is 2. The van der Waals surface area contributed by atoms with Crippen LogP contribution < -0.4 is 14.8 Å². The van der Waals surface area contributed by atoms with Gasteiger partial charge in [0.05, 0.1) is 18.9 Å². The van der Waals surface area contributed by atoms with Gasteiger partial charge in [-0.05, 0) is 56.2 Å². The lowest BCUT2D eigenvalue weighted by atomic mass is 10.1. The van der Waals surface area contributed by atoms with Crippen LogP contribution in [-0.4, -0.2) is 19.1 Å². The van der Waals surface area contributed by atoms with Crippen LogP contribution in [0.15, 0.2) is 36.4 Å². The second-order valence-electron chi connectivity index (χ2n) is 5.38. The van der Waals surface area contributed by atoms with Gasteiger partial charge in [-0.25, -0.2) is 4.39 Å². The standard InChI is InChI=1S/C19H22FNO3/c1-4-10-24-17-9-7-14(12-18(17)23-5-2)19(22)21-16-8-6-13(3)11-15(16)20/h6-9,11-12H,4-5,10H2,1-3H3,(H,21,22). The van der Waals surface area contributed by atoms with E-state index >= 15 is 0 Å². The van der Waals surface area contributed by atoms with Gasteiger partial charge in [0, 0.05) is 5.56 Å². The first-order chi connectivity index (χ1) is 11.5. The average molecular weight is 331 g/mol. The Hall–Kier alpha value is -2.56. The molecule has 128 valence electrons. The molecule has 0 fully saturated rings. The van der Waals surface area contributed by atoms with Crippen molar-refractivity contribution in [1.29, 1.82) is 0 Å². The van der Waals surface area contributed by atoms with Gasteiger partial charge in [-0.15, -0.1) is 0 Å². The number of halogens is 1. The number of ether oxygens (including phenoxy) is 2. The molecule has 0 saturated heterocycles. The summed E-state index contributed by atoms with van der Waals surface area (Å²) >= 11 is 0. The van der Waals surface area contributed by atoms with Gasteiger partial charge in [-0.1, -0.05) is 13.0 Å². The number of carbonyl (C=O) groups is 1. The first kappa shape index (κ1) is 17.8. The molecule has 2 aromatic carbocycles. The molecule has 0 radical (unpaired) electrons. The number of nitrogens with one attached hydrogen (secondary N) is 1. The van der Waals surface area contributed by atoms with Gasteiger partial charge in [-0.2, -0.15) is 0 Å². The number of amides is 1. The van der Waals surface area contributed by atoms with Crippen LogP contribution in [0.1, 0.15) is 36.2 Å². The van der Waals surface area contributed by atoms with Gasteiger partial charge in [0.25, 0.3) is 5.91 Å². The molecule has 1 amide bonds. The van der Waals surface area contributed by atoms with E-state index in [2.05, 4.69) is 5.32 Å². The average Bonchev–Trinajstić information content (AvgIpc) is 2.56. The van der Waals surface area contributed by atoms with Crippen LogP contribution in [-0.2, 0) is 0 Å². The maximum atomic E-state index is 13.9. The molecule has 24 heavy (non-hydrogen) atoms. The molecule has 2 rings (SSSR count). The van der Waals surface area contributed by atoms with E-state index in [0.717, 1.165) is 12.0 Å². The summed E-state index contributed by atoms with van der Waals surface area (Å²) in [6.45, 7) is 6.69. The Balaban J connectivity index is 2.20. The summed E-state index contributed by atoms with van der Waals surface area (Å²) in [4.78, 5) is 12.4. The molecule has 0 saturated carbocycles. The predicted molar refractivity (Wildman–Crippen MR) is 92.5 cm³/mol. The van der Waals surface area contributed by atoms with E-state index in [1.165, 1.54) is 6.07 Å². The Bertz CT molecular complexity index is 716. The summed E-state index contributed by atoms with van der Waals surface area (Å²) in [5, 5.41) is 2.58. The second-order valence-corrected chi connectivity index (χ2v) is 5.38. The largest absolute Gasteiger partial charge is 0.490 e. The van der Waals surface area contributed by atoms with Crippen molar-refractivity contribution in [2.75, 3.05) is 18.5 Å². The molecule has 0 unspecified atom stereocenters. The van der Waals surface area contributed by atoms with Crippen molar-refractivity contribution in [3.05, 3.63) is 53.3 Å². The van der Waals surface area contributed by atoms with Gasteiger partial charge in [0.2, 0.25) is 0 Å². The van der Waals surface area contributed by atoms with Crippen LogP contribution in [0.3, 0.4) is 0 Å². The van der Waals surface area contributed by atoms with Gasteiger partial charge in [-0.3, -0.25) is 4.79 Å². The third-order valence-corrected chi connectivity index (χ3v) is 3.34. The normalized spacial score (nSPS) is 10.3. The summed E-state index contributed by atoms with van der Waals surface area (Å²) in [6, 6.07) is 9.60. The summed E-state index contributed by atoms with van der Waals surface area (Å²) in [6.07, 6.45) is 0.875. The smallest absolute Gasteiger partial charge is 0.255 e. The fourth-order valence-electron chi connectivity index (χ4n) is 2.16. The lowest BCUT2D eigenvalue weighted by Gasteiger charge is -2.13. The van der Waals surface area contributed by atoms with Crippen molar-refractivity contribution in [2.45, 2.75) is 27.2 Å². The Kier molecular flexibility index (Phi) is 6.18. The highest BCUT2D eigenvalue weighted by Gasteiger charge is 2.13. The Labute approximate surface area is 141 Å². The molecule has 0 aromatic heterocycles. The van der Waals surface area contributed by atoms with E-state index < -0.39 is 11.7 Å². The zero-order chi connectivity index (χ0) is 17.5. The maximum Gasteiger partial charge on any atom is 0.255 e. The minimum Gasteiger partial charge on any atom is -0.490 e. The van der Waals surface area contributed by atoms with Crippen molar-refractivity contribution in [3.8, 4) is 11.5 Å². The molecule has 1 N–H and O–H groups in total. The molecule has 0 atom stereocenters. The maximum absolute atomic E-state index is 13.9. The van der Waals surface area contributed by atoms with E-state index in [0.29, 0.717) is 30.3 Å². The lowest BCUT2D eigenvalue weighted by Crippen LogP contribution is -2.13. The van der Waals surface area contributed by atoms with E-state index in [1.54, 1.807) is 37.3 Å². The molecular weight excluding hydrogens is 309 g/mol. The molecule has 0 heterocycles. The Morgan fingerprint density at radius 3 is 2.54 bits per heavy atom. The molecule has 2 aromatic rings. The van der Waals surface area contributed by atoms with Gasteiger partial charge >= 0.3 is 0 Å². The highest BCUT2D eigenvalue weighted by Crippen LogP contribution is 2.29. The number of aryl methyl sites for hydroxylation is 1. The topological polar surface area (TPSA) is 47.6 Å². The third-order valence-electron chi connectivity index (χ3n) is 3.34. The molecule has 5 heteroatoms. The zero-order valence-electron chi connectivity index (χ0n) is 14.2. The first-order valence-corrected chi connectivity index (χ1v) is 8.02. The van der Waals surface area contributed by atoms with Crippen molar-refractivity contribution in [2.24, 2.45) is 0 Å². The Morgan fingerprint density at radius 2 is 1.88 bits per heavy atom. The van der Waals surface area contributed by atoms with Crippen LogP contribution in [0.25, 0.3) is 0 Å². The highest BCUT2D eigenvalue weighted by molar-refractivity contribution is 6.04. The molecule has 0 aliphatic carbocycles. The van der Waals surface area contributed by atoms with Crippen LogP contribution in [0.2, 0.25) is 0 Å². The van der Waals surface area contributed by atoms with E-state index in [4.69, 9.17) is 9.47 Å². The summed E-state index contributed by atoms with van der Waals surface area (Å²) in [5.41, 5.74) is 1.32. The molecule has 4 nitrogen and oxygen atoms in total. The fourth-order valence-corrected chi connectivity index (χ4v) is 2.16. The number of anilines is 1. The molecule has 0 bridgehead atoms. The Morgan fingerprint density at radius 1 is 1.08 bits per heavy atom. The van der Waals surface area contributed by atoms with Crippen molar-refractivity contribution < 1.29 is 18.7 Å². The number of hydrogen-bond donors (Lipinski definition) is 1. The molecule has 0 spiro atoms. The van der Waals surface area contributed by atoms with E-state index in [9.17, 15) is 9.18 Å². The number of hydrogen-bond acceptors (Lipinski definition) is 3. The minimum absolute atomic E-state index is 0.148. The van der Waals surface area contributed by atoms with Gasteiger partial charge in [0.15, 0.2) is 11.5 Å². The van der Waals surface area contributed by atoms with E-state index in [1.807, 2.05) is 13.8 Å². The van der Waals surface area contributed by atoms with Crippen molar-refractivity contribution in [3.63, 3.8) is 0 Å². The predicted octanol–water partition coefficient (Wildman–Crippen LogP) is 4.57. The fraction of sp³-hybridized carbons (Fsp3) is 0.316. The van der Waals surface area contributed by atoms with Crippen molar-refractivity contribution in [1.82, 2.24) is 0 Å². The number of carbonyl (C=O) groups excluding carboxylic acids is 1. The van der Waals surface area contributed by atoms with Gasteiger partial charge in [0.1, 0.15) is 5.82 Å². The van der Waals surface area contributed by atoms with Crippen LogP contribution in [0.4, 0.5) is 10.1 Å². The second kappa shape index (κ2) is 8.34. The minimum atomic E-state index is -0.462. The number of rotatable bonds is 7. The quantitative estimate of drug-likeness (QED) is 0.808. The van der Waals surface area contributed by atoms with Crippen LogP contribution in [0, 0.1) is 12.7 Å². The first-order valence-electron chi connectivity index (χ1n) is 8.02. The van der Waals surface area contributed by atoms with Crippen LogP contribution in [0.5, 0.6) is 11.5 Å². The summed E-state index contributed by atoms with van der Waals surface area (Å²) in [5.74, 6) is 0.233. The van der Waals surface area contributed by atoms with E-state index in [-0.39, 0.29) is 5.69 Å². The van der Waals surface area contributed by atoms with Crippen molar-refractivity contribution >= 4 is 11.6 Å². The highest BCUT2D eigenvalue weighted by atomic mass is 19.1. The molecule has 0 aliphatic heterocycles. The summed E-state index contributed by atoms with van der Waals surface area (Å²) in [7, 11) is 0. The SMILES string of the molecule is CCCOc1ccc(C(=O)Nc2ccc(C)cc2F)cc1OCC. The molecular formula is C19H22FNO3. The molecule has 0 aliphatic rings. The lowest BCUT2D eigenvalue weighted by molar-refractivity contribution is 0.102. The summed E-state index contributed by atoms with van der Waals surface area (Å²) < 4.78 is 25.0. The zero-order valence-corrected chi connectivity index (χ0v) is 14.2.